The van der Waals surface area contributed by atoms with Crippen LogP contribution in [0.15, 0.2) is 42.7 Å². The SMILES string of the molecule is Cc1nn(C)c(C)c1[C@@H](C)C(=O)Nc1cc(-n2cccc2)ccc1F. The van der Waals surface area contributed by atoms with Gasteiger partial charge in [-0.1, -0.05) is 0 Å². The van der Waals surface area contributed by atoms with Crippen LogP contribution in [0, 0.1) is 19.7 Å². The van der Waals surface area contributed by atoms with Crippen LogP contribution in [0.4, 0.5) is 10.1 Å². The van der Waals surface area contributed by atoms with E-state index < -0.39 is 11.7 Å². The summed E-state index contributed by atoms with van der Waals surface area (Å²) in [7, 11) is 1.84. The van der Waals surface area contributed by atoms with Gasteiger partial charge in [0.1, 0.15) is 5.82 Å². The van der Waals surface area contributed by atoms with Gasteiger partial charge < -0.3 is 9.88 Å². The zero-order valence-electron chi connectivity index (χ0n) is 14.7. The Hall–Kier alpha value is -2.89. The molecule has 0 aliphatic carbocycles. The van der Waals surface area contributed by atoms with Crippen LogP contribution in [0.5, 0.6) is 0 Å². The number of nitrogens with one attached hydrogen (secondary N) is 1. The van der Waals surface area contributed by atoms with E-state index in [0.717, 1.165) is 22.6 Å². The zero-order chi connectivity index (χ0) is 18.1. The molecule has 0 radical (unpaired) electrons. The van der Waals surface area contributed by atoms with Gasteiger partial charge in [0.05, 0.1) is 17.3 Å². The third kappa shape index (κ3) is 3.20. The van der Waals surface area contributed by atoms with Gasteiger partial charge in [-0.25, -0.2) is 4.39 Å². The van der Waals surface area contributed by atoms with Gasteiger partial charge in [-0.05, 0) is 51.1 Å². The first-order valence-corrected chi connectivity index (χ1v) is 8.12. The molecule has 1 atom stereocenters. The van der Waals surface area contributed by atoms with Crippen LogP contribution < -0.4 is 5.32 Å². The maximum absolute atomic E-state index is 14.2. The molecular weight excluding hydrogens is 319 g/mol. The summed E-state index contributed by atoms with van der Waals surface area (Å²) in [6, 6.07) is 8.43. The summed E-state index contributed by atoms with van der Waals surface area (Å²) >= 11 is 0. The van der Waals surface area contributed by atoms with E-state index in [4.69, 9.17) is 0 Å². The molecule has 1 aromatic carbocycles. The van der Waals surface area contributed by atoms with E-state index in [0.29, 0.717) is 0 Å². The van der Waals surface area contributed by atoms with Gasteiger partial charge in [-0.15, -0.1) is 0 Å². The average Bonchev–Trinajstić information content (AvgIpc) is 3.18. The smallest absolute Gasteiger partial charge is 0.231 e. The number of nitrogens with zero attached hydrogens (tertiary/aromatic N) is 3. The molecule has 2 aromatic heterocycles. The van der Waals surface area contributed by atoms with Crippen molar-refractivity contribution in [2.75, 3.05) is 5.32 Å². The van der Waals surface area contributed by atoms with Crippen LogP contribution >= 0.6 is 0 Å². The van der Waals surface area contributed by atoms with Crippen LogP contribution in [0.1, 0.15) is 29.8 Å². The predicted molar refractivity (Wildman–Crippen MR) is 95.5 cm³/mol. The van der Waals surface area contributed by atoms with Gasteiger partial charge in [0.25, 0.3) is 0 Å². The lowest BCUT2D eigenvalue weighted by Crippen LogP contribution is -2.20. The number of hydrogen-bond acceptors (Lipinski definition) is 2. The van der Waals surface area contributed by atoms with Gasteiger partial charge in [0, 0.05) is 36.4 Å². The summed E-state index contributed by atoms with van der Waals surface area (Å²) in [5.41, 5.74) is 3.57. The van der Waals surface area contributed by atoms with Gasteiger partial charge in [0.15, 0.2) is 0 Å². The fraction of sp³-hybridized carbons (Fsp3) is 0.263. The van der Waals surface area contributed by atoms with Crippen molar-refractivity contribution in [1.82, 2.24) is 14.3 Å². The van der Waals surface area contributed by atoms with Crippen molar-refractivity contribution in [1.29, 1.82) is 0 Å². The summed E-state index contributed by atoms with van der Waals surface area (Å²) in [6.45, 7) is 5.60. The quantitative estimate of drug-likeness (QED) is 0.787. The van der Waals surface area contributed by atoms with Gasteiger partial charge in [-0.3, -0.25) is 9.48 Å². The molecule has 0 unspecified atom stereocenters. The lowest BCUT2D eigenvalue weighted by atomic mass is 9.98. The number of carbonyl (C=O) groups excluding carboxylic acids is 1. The number of aryl methyl sites for hydroxylation is 2. The summed E-state index contributed by atoms with van der Waals surface area (Å²) in [4.78, 5) is 12.7. The van der Waals surface area contributed by atoms with E-state index in [1.807, 2.05) is 50.0 Å². The molecule has 0 bridgehead atoms. The topological polar surface area (TPSA) is 51.9 Å². The number of anilines is 1. The Morgan fingerprint density at radius 3 is 2.52 bits per heavy atom. The highest BCUT2D eigenvalue weighted by molar-refractivity contribution is 5.96. The van der Waals surface area contributed by atoms with Crippen molar-refractivity contribution in [2.24, 2.45) is 7.05 Å². The zero-order valence-corrected chi connectivity index (χ0v) is 14.7. The van der Waals surface area contributed by atoms with Crippen LogP contribution in [0.2, 0.25) is 0 Å². The fourth-order valence-corrected chi connectivity index (χ4v) is 3.07. The van der Waals surface area contributed by atoms with Gasteiger partial charge in [0.2, 0.25) is 5.91 Å². The Labute approximate surface area is 146 Å². The standard InChI is InChI=1S/C19H21FN4O/c1-12(18-13(2)22-23(4)14(18)3)19(25)21-17-11-15(7-8-16(17)20)24-9-5-6-10-24/h5-12H,1-4H3,(H,21,25)/t12-/m1/s1. The second-order valence-corrected chi connectivity index (χ2v) is 6.17. The van der Waals surface area contributed by atoms with E-state index >= 15 is 0 Å². The highest BCUT2D eigenvalue weighted by atomic mass is 19.1. The number of rotatable bonds is 4. The number of hydrogen-bond donors (Lipinski definition) is 1. The lowest BCUT2D eigenvalue weighted by Gasteiger charge is -2.14. The van der Waals surface area contributed by atoms with Crippen LogP contribution in [0.3, 0.4) is 0 Å². The molecule has 1 N–H and O–H groups in total. The number of halogens is 1. The third-order valence-corrected chi connectivity index (χ3v) is 4.50. The van der Waals surface area contributed by atoms with Crippen molar-refractivity contribution in [3.8, 4) is 5.69 Å². The van der Waals surface area contributed by atoms with E-state index in [-0.39, 0.29) is 11.6 Å². The molecule has 3 aromatic rings. The monoisotopic (exact) mass is 340 g/mol. The van der Waals surface area contributed by atoms with E-state index in [9.17, 15) is 9.18 Å². The van der Waals surface area contributed by atoms with Crippen LogP contribution in [0.25, 0.3) is 5.69 Å². The lowest BCUT2D eigenvalue weighted by molar-refractivity contribution is -0.117. The molecule has 2 heterocycles. The first kappa shape index (κ1) is 17.0. The Kier molecular flexibility index (Phi) is 4.44. The van der Waals surface area contributed by atoms with E-state index in [1.54, 1.807) is 23.7 Å². The molecule has 0 saturated heterocycles. The maximum Gasteiger partial charge on any atom is 0.231 e. The molecule has 130 valence electrons. The summed E-state index contributed by atoms with van der Waals surface area (Å²) in [5, 5.41) is 7.06. The fourth-order valence-electron chi connectivity index (χ4n) is 3.07. The normalized spacial score (nSPS) is 12.2. The molecule has 0 fully saturated rings. The largest absolute Gasteiger partial charge is 0.324 e. The second-order valence-electron chi connectivity index (χ2n) is 6.17. The number of amides is 1. The molecule has 5 nitrogen and oxygen atoms in total. The predicted octanol–water partition coefficient (Wildman–Crippen LogP) is 3.71. The van der Waals surface area contributed by atoms with Crippen molar-refractivity contribution in [3.63, 3.8) is 0 Å². The molecule has 0 aliphatic rings. The highest BCUT2D eigenvalue weighted by Gasteiger charge is 2.23. The molecule has 3 rings (SSSR count). The maximum atomic E-state index is 14.2. The number of carbonyl (C=O) groups is 1. The summed E-state index contributed by atoms with van der Waals surface area (Å²) in [5.74, 6) is -1.15. The van der Waals surface area contributed by atoms with Gasteiger partial charge in [-0.2, -0.15) is 5.10 Å². The minimum absolute atomic E-state index is 0.169. The minimum Gasteiger partial charge on any atom is -0.324 e. The Balaban J connectivity index is 1.86. The van der Waals surface area contributed by atoms with Gasteiger partial charge >= 0.3 is 0 Å². The molecule has 25 heavy (non-hydrogen) atoms. The Morgan fingerprint density at radius 1 is 1.24 bits per heavy atom. The highest BCUT2D eigenvalue weighted by Crippen LogP contribution is 2.26. The Bertz CT molecular complexity index is 912. The van der Waals surface area contributed by atoms with E-state index in [2.05, 4.69) is 10.4 Å². The van der Waals surface area contributed by atoms with Crippen molar-refractivity contribution >= 4 is 11.6 Å². The molecule has 0 saturated carbocycles. The van der Waals surface area contributed by atoms with Crippen molar-refractivity contribution in [2.45, 2.75) is 26.7 Å². The molecule has 1 amide bonds. The molecule has 6 heteroatoms. The summed E-state index contributed by atoms with van der Waals surface area (Å²) < 4.78 is 17.8. The number of benzene rings is 1. The average molecular weight is 340 g/mol. The van der Waals surface area contributed by atoms with Crippen LogP contribution in [-0.2, 0) is 11.8 Å². The third-order valence-electron chi connectivity index (χ3n) is 4.50. The first-order chi connectivity index (χ1) is 11.9. The molecular formula is C19H21FN4O. The Morgan fingerprint density at radius 2 is 1.92 bits per heavy atom. The summed E-state index contributed by atoms with van der Waals surface area (Å²) in [6.07, 6.45) is 3.73. The van der Waals surface area contributed by atoms with Crippen molar-refractivity contribution in [3.05, 3.63) is 65.5 Å². The number of aromatic nitrogens is 3. The molecule has 0 aliphatic heterocycles. The van der Waals surface area contributed by atoms with Crippen molar-refractivity contribution < 1.29 is 9.18 Å². The van der Waals surface area contributed by atoms with Crippen LogP contribution in [-0.4, -0.2) is 20.3 Å². The molecule has 0 spiro atoms. The first-order valence-electron chi connectivity index (χ1n) is 8.12. The minimum atomic E-state index is -0.462. The van der Waals surface area contributed by atoms with E-state index in [1.165, 1.54) is 6.07 Å². The second kappa shape index (κ2) is 6.55.